The van der Waals surface area contributed by atoms with Crippen LogP contribution in [0, 0.1) is 0 Å². The van der Waals surface area contributed by atoms with Gasteiger partial charge < -0.3 is 18.9 Å². The summed E-state index contributed by atoms with van der Waals surface area (Å²) < 4.78 is 21.5. The summed E-state index contributed by atoms with van der Waals surface area (Å²) in [5.74, 6) is -2.22. The van der Waals surface area contributed by atoms with E-state index in [4.69, 9.17) is 18.9 Å². The third-order valence-corrected chi connectivity index (χ3v) is 3.16. The molecule has 4 unspecified atom stereocenters. The molecule has 2 rings (SSSR count). The lowest BCUT2D eigenvalue weighted by Crippen LogP contribution is -2.42. The molecule has 11 heteroatoms. The monoisotopic (exact) mass is 356 g/mol. The highest BCUT2D eigenvalue weighted by Gasteiger charge is 2.52. The van der Waals surface area contributed by atoms with Crippen molar-refractivity contribution in [1.29, 1.82) is 0 Å². The Hall–Kier alpha value is -2.95. The summed E-state index contributed by atoms with van der Waals surface area (Å²) in [4.78, 5) is 59.2. The first-order valence-electron chi connectivity index (χ1n) is 7.17. The van der Waals surface area contributed by atoms with E-state index in [2.05, 4.69) is 0 Å². The number of nitrogens with zero attached hydrogens (tertiary/aromatic N) is 1. The van der Waals surface area contributed by atoms with Crippen molar-refractivity contribution >= 4 is 17.9 Å². The summed E-state index contributed by atoms with van der Waals surface area (Å²) in [6.07, 6.45) is -4.16. The van der Waals surface area contributed by atoms with Gasteiger partial charge >= 0.3 is 23.6 Å². The molecule has 0 aliphatic carbocycles. The molecule has 0 amide bonds. The van der Waals surface area contributed by atoms with Crippen LogP contribution in [-0.4, -0.2) is 46.0 Å². The molecule has 1 fully saturated rings. The van der Waals surface area contributed by atoms with Crippen LogP contribution in [0.5, 0.6) is 0 Å². The highest BCUT2D eigenvalue weighted by molar-refractivity contribution is 5.68. The van der Waals surface area contributed by atoms with Gasteiger partial charge in [0.1, 0.15) is 0 Å². The van der Waals surface area contributed by atoms with Crippen molar-refractivity contribution in [1.82, 2.24) is 9.55 Å². The van der Waals surface area contributed by atoms with Crippen LogP contribution in [-0.2, 0) is 33.3 Å². The van der Waals surface area contributed by atoms with Crippen LogP contribution in [0.3, 0.4) is 0 Å². The van der Waals surface area contributed by atoms with Gasteiger partial charge in [0.2, 0.25) is 12.4 Å². The molecule has 0 bridgehead atoms. The van der Waals surface area contributed by atoms with E-state index in [-0.39, 0.29) is 0 Å². The number of carbonyl (C=O) groups is 3. The minimum absolute atomic E-state index is 0.642. The lowest BCUT2D eigenvalue weighted by Gasteiger charge is -2.23. The fourth-order valence-electron chi connectivity index (χ4n) is 2.35. The largest absolute Gasteiger partial charge is 0.453 e. The van der Waals surface area contributed by atoms with Gasteiger partial charge in [-0.15, -0.1) is 0 Å². The number of hydrogen-bond acceptors (Lipinski definition) is 9. The summed E-state index contributed by atoms with van der Waals surface area (Å²) in [5, 5.41) is 0. The van der Waals surface area contributed by atoms with E-state index >= 15 is 0 Å². The molecule has 0 radical (unpaired) electrons. The van der Waals surface area contributed by atoms with E-state index < -0.39 is 53.9 Å². The number of H-pyrrole nitrogens is 1. The first-order chi connectivity index (χ1) is 11.7. The summed E-state index contributed by atoms with van der Waals surface area (Å²) in [5.41, 5.74) is -1.49. The molecule has 0 saturated carbocycles. The maximum atomic E-state index is 12.0. The molecule has 0 spiro atoms. The highest BCUT2D eigenvalue weighted by atomic mass is 16.8. The number of aromatic amines is 1. The number of hydrogen-bond donors (Lipinski definition) is 1. The van der Waals surface area contributed by atoms with Crippen LogP contribution in [0.15, 0.2) is 21.9 Å². The van der Waals surface area contributed by atoms with E-state index in [1.54, 1.807) is 0 Å². The molecule has 1 saturated heterocycles. The van der Waals surface area contributed by atoms with Crippen LogP contribution in [0.2, 0.25) is 0 Å². The van der Waals surface area contributed by atoms with Crippen molar-refractivity contribution in [2.24, 2.45) is 0 Å². The van der Waals surface area contributed by atoms with Crippen molar-refractivity contribution < 1.29 is 33.3 Å². The van der Waals surface area contributed by atoms with Gasteiger partial charge in [0, 0.05) is 33.0 Å². The molecule has 136 valence electrons. The highest BCUT2D eigenvalue weighted by Crippen LogP contribution is 2.33. The molecule has 25 heavy (non-hydrogen) atoms. The fourth-order valence-corrected chi connectivity index (χ4v) is 2.35. The number of ether oxygens (including phenoxy) is 4. The lowest BCUT2D eigenvalue weighted by atomic mass is 10.2. The van der Waals surface area contributed by atoms with Crippen molar-refractivity contribution in [2.45, 2.75) is 45.5 Å². The molecule has 0 aromatic carbocycles. The predicted octanol–water partition coefficient (Wildman–Crippen LogP) is -1.18. The maximum Gasteiger partial charge on any atom is 0.330 e. The average Bonchev–Trinajstić information content (AvgIpc) is 2.75. The second kappa shape index (κ2) is 7.30. The molecular formula is C14H16N2O9. The second-order valence-electron chi connectivity index (χ2n) is 5.17. The normalized spacial score (nSPS) is 25.2. The number of rotatable bonds is 4. The summed E-state index contributed by atoms with van der Waals surface area (Å²) >= 11 is 0. The van der Waals surface area contributed by atoms with Gasteiger partial charge in [0.05, 0.1) is 0 Å². The fraction of sp³-hybridized carbons (Fsp3) is 0.500. The van der Waals surface area contributed by atoms with Gasteiger partial charge in [-0.25, -0.2) is 4.79 Å². The molecule has 11 nitrogen and oxygen atoms in total. The van der Waals surface area contributed by atoms with Crippen molar-refractivity contribution in [3.8, 4) is 0 Å². The Labute approximate surface area is 140 Å². The summed E-state index contributed by atoms with van der Waals surface area (Å²) in [6.45, 7) is 3.32. The van der Waals surface area contributed by atoms with Crippen LogP contribution in [0.1, 0.15) is 27.0 Å². The third kappa shape index (κ3) is 4.32. The Bertz CT molecular complexity index is 796. The number of esters is 3. The molecule has 1 aromatic rings. The van der Waals surface area contributed by atoms with Gasteiger partial charge in [-0.1, -0.05) is 0 Å². The molecule has 1 aromatic heterocycles. The Kier molecular flexibility index (Phi) is 5.37. The Morgan fingerprint density at radius 3 is 2.08 bits per heavy atom. The smallest absolute Gasteiger partial charge is 0.330 e. The van der Waals surface area contributed by atoms with E-state index in [1.165, 1.54) is 0 Å². The Morgan fingerprint density at radius 1 is 1.00 bits per heavy atom. The van der Waals surface area contributed by atoms with E-state index in [1.807, 2.05) is 4.98 Å². The van der Waals surface area contributed by atoms with Crippen LogP contribution >= 0.6 is 0 Å². The number of nitrogens with one attached hydrogen (secondary N) is 1. The van der Waals surface area contributed by atoms with Crippen molar-refractivity contribution in [3.63, 3.8) is 0 Å². The van der Waals surface area contributed by atoms with E-state index in [0.717, 1.165) is 37.6 Å². The van der Waals surface area contributed by atoms with Crippen LogP contribution in [0.25, 0.3) is 0 Å². The number of carbonyl (C=O) groups excluding carboxylic acids is 3. The molecule has 1 aliphatic rings. The summed E-state index contributed by atoms with van der Waals surface area (Å²) in [7, 11) is 0. The molecule has 2 heterocycles. The number of aromatic nitrogens is 2. The van der Waals surface area contributed by atoms with Crippen molar-refractivity contribution in [3.05, 3.63) is 33.1 Å². The second-order valence-corrected chi connectivity index (χ2v) is 5.17. The minimum atomic E-state index is -1.41. The quantitative estimate of drug-likeness (QED) is 0.520. The lowest BCUT2D eigenvalue weighted by molar-refractivity contribution is -0.198. The van der Waals surface area contributed by atoms with E-state index in [9.17, 15) is 24.0 Å². The predicted molar refractivity (Wildman–Crippen MR) is 78.1 cm³/mol. The first-order valence-corrected chi connectivity index (χ1v) is 7.17. The Morgan fingerprint density at radius 2 is 1.56 bits per heavy atom. The molecule has 4 atom stereocenters. The maximum absolute atomic E-state index is 12.0. The van der Waals surface area contributed by atoms with Crippen LogP contribution in [0.4, 0.5) is 0 Å². The third-order valence-electron chi connectivity index (χ3n) is 3.16. The SMILES string of the molecule is CC(=O)OC1OC(n2ccc(=O)[nH]c2=O)C(OC(C)=O)C1OC(C)=O. The van der Waals surface area contributed by atoms with Gasteiger partial charge in [0.25, 0.3) is 5.56 Å². The van der Waals surface area contributed by atoms with Gasteiger partial charge in [-0.05, 0) is 0 Å². The van der Waals surface area contributed by atoms with Crippen LogP contribution < -0.4 is 11.2 Å². The zero-order chi connectivity index (χ0) is 18.7. The molecule has 1 aliphatic heterocycles. The molecular weight excluding hydrogens is 340 g/mol. The van der Waals surface area contributed by atoms with E-state index in [0.29, 0.717) is 0 Å². The topological polar surface area (TPSA) is 143 Å². The van der Waals surface area contributed by atoms with Gasteiger partial charge in [-0.3, -0.25) is 28.7 Å². The zero-order valence-electron chi connectivity index (χ0n) is 13.6. The van der Waals surface area contributed by atoms with Gasteiger partial charge in [-0.2, -0.15) is 0 Å². The minimum Gasteiger partial charge on any atom is -0.453 e. The van der Waals surface area contributed by atoms with Gasteiger partial charge in [0.15, 0.2) is 12.3 Å². The zero-order valence-corrected chi connectivity index (χ0v) is 13.6. The first kappa shape index (κ1) is 18.4. The van der Waals surface area contributed by atoms with Crippen molar-refractivity contribution in [2.75, 3.05) is 0 Å². The summed E-state index contributed by atoms with van der Waals surface area (Å²) in [6, 6.07) is 1.05. The molecule has 1 N–H and O–H groups in total. The standard InChI is InChI=1S/C14H16N2O9/c1-6(17)22-10-11(23-7(2)18)13(24-8(3)19)25-12(10)16-5-4-9(20)15-14(16)21/h4-5,10-13H,1-3H3,(H,15,20,21). The average molecular weight is 356 g/mol. The Balaban J connectivity index is 2.46.